The molecular weight excluding hydrogens is 218 g/mol. The van der Waals surface area contributed by atoms with Gasteiger partial charge in [0.25, 0.3) is 5.91 Å². The fourth-order valence-corrected chi connectivity index (χ4v) is 1.30. The van der Waals surface area contributed by atoms with Crippen LogP contribution in [0.2, 0.25) is 0 Å². The summed E-state index contributed by atoms with van der Waals surface area (Å²) in [6.07, 6.45) is 0. The van der Waals surface area contributed by atoms with E-state index in [4.69, 9.17) is 5.73 Å². The third-order valence-electron chi connectivity index (χ3n) is 2.44. The molecule has 94 valence electrons. The largest absolute Gasteiger partial charge is 0.320 e. The molecule has 1 aromatic carbocycles. The van der Waals surface area contributed by atoms with Crippen LogP contribution >= 0.6 is 0 Å². The normalized spacial score (nSPS) is 12.8. The summed E-state index contributed by atoms with van der Waals surface area (Å²) in [5.41, 5.74) is 8.88. The maximum atomic E-state index is 11.5. The maximum absolute atomic E-state index is 11.5. The second-order valence-corrected chi connectivity index (χ2v) is 4.29. The van der Waals surface area contributed by atoms with Gasteiger partial charge in [-0.15, -0.1) is 0 Å². The summed E-state index contributed by atoms with van der Waals surface area (Å²) in [6.45, 7) is 3.92. The predicted molar refractivity (Wildman–Crippen MR) is 64.7 cm³/mol. The molecular formula is C12H19N3O2. The molecule has 1 amide bonds. The van der Waals surface area contributed by atoms with E-state index < -0.39 is 11.9 Å². The zero-order valence-corrected chi connectivity index (χ0v) is 10.1. The molecule has 1 aromatic rings. The first-order valence-electron chi connectivity index (χ1n) is 5.57. The number of nitrogens with one attached hydrogen (secondary N) is 1. The minimum atomic E-state index is -0.625. The van der Waals surface area contributed by atoms with Crippen molar-refractivity contribution >= 4 is 5.91 Å². The average Bonchev–Trinajstić information content (AvgIpc) is 2.28. The first-order chi connectivity index (χ1) is 8.00. The van der Waals surface area contributed by atoms with E-state index in [0.717, 1.165) is 10.7 Å². The molecule has 0 heterocycles. The number of amides is 1. The Bertz CT molecular complexity index is 354. The van der Waals surface area contributed by atoms with Crippen LogP contribution in [-0.4, -0.2) is 22.3 Å². The smallest absolute Gasteiger partial charge is 0.253 e. The number of hydroxylamine groups is 1. The van der Waals surface area contributed by atoms with Crippen molar-refractivity contribution < 1.29 is 10.0 Å². The average molecular weight is 237 g/mol. The molecule has 0 spiro atoms. The molecule has 0 aromatic heterocycles. The van der Waals surface area contributed by atoms with Crippen LogP contribution in [-0.2, 0) is 11.3 Å². The topological polar surface area (TPSA) is 78.6 Å². The van der Waals surface area contributed by atoms with Gasteiger partial charge in [-0.25, -0.2) is 0 Å². The molecule has 0 aliphatic rings. The molecule has 0 saturated heterocycles. The van der Waals surface area contributed by atoms with E-state index in [1.54, 1.807) is 0 Å². The fourth-order valence-electron chi connectivity index (χ4n) is 1.30. The summed E-state index contributed by atoms with van der Waals surface area (Å²) in [4.78, 5) is 11.5. The zero-order chi connectivity index (χ0) is 12.8. The highest BCUT2D eigenvalue weighted by Gasteiger charge is 2.18. The summed E-state index contributed by atoms with van der Waals surface area (Å²) >= 11 is 0. The van der Waals surface area contributed by atoms with Crippen molar-refractivity contribution in [3.63, 3.8) is 0 Å². The van der Waals surface area contributed by atoms with E-state index in [1.807, 2.05) is 44.2 Å². The number of hydrogen-bond donors (Lipinski definition) is 3. The second kappa shape index (κ2) is 6.34. The highest BCUT2D eigenvalue weighted by molar-refractivity contribution is 5.81. The van der Waals surface area contributed by atoms with Gasteiger partial charge in [0, 0.05) is 0 Å². The maximum Gasteiger partial charge on any atom is 0.253 e. The Morgan fingerprint density at radius 3 is 2.53 bits per heavy atom. The predicted octanol–water partition coefficient (Wildman–Crippen LogP) is 0.892. The molecule has 5 heteroatoms. The molecule has 0 saturated carbocycles. The third kappa shape index (κ3) is 4.52. The van der Waals surface area contributed by atoms with Crippen molar-refractivity contribution in [3.05, 3.63) is 35.9 Å². The number of nitrogens with zero attached hydrogens (tertiary/aromatic N) is 1. The van der Waals surface area contributed by atoms with Crippen LogP contribution in [0.25, 0.3) is 0 Å². The number of nitrogens with two attached hydrogens (primary N) is 1. The lowest BCUT2D eigenvalue weighted by atomic mass is 10.1. The van der Waals surface area contributed by atoms with E-state index in [0.29, 0.717) is 0 Å². The molecule has 0 fully saturated rings. The van der Waals surface area contributed by atoms with E-state index in [9.17, 15) is 10.0 Å². The lowest BCUT2D eigenvalue weighted by molar-refractivity contribution is -0.167. The Balaban J connectivity index is 2.45. The van der Waals surface area contributed by atoms with E-state index in [2.05, 4.69) is 5.43 Å². The van der Waals surface area contributed by atoms with Crippen LogP contribution in [0, 0.1) is 5.92 Å². The quantitative estimate of drug-likeness (QED) is 0.665. The summed E-state index contributed by atoms with van der Waals surface area (Å²) < 4.78 is 0. The van der Waals surface area contributed by atoms with Gasteiger partial charge >= 0.3 is 0 Å². The van der Waals surface area contributed by atoms with Crippen molar-refractivity contribution in [3.8, 4) is 0 Å². The Morgan fingerprint density at radius 1 is 1.41 bits per heavy atom. The minimum Gasteiger partial charge on any atom is -0.320 e. The molecule has 4 N–H and O–H groups in total. The lowest BCUT2D eigenvalue weighted by Gasteiger charge is -2.20. The molecule has 0 aliphatic carbocycles. The van der Waals surface area contributed by atoms with Crippen molar-refractivity contribution in [2.75, 3.05) is 0 Å². The highest BCUT2D eigenvalue weighted by Crippen LogP contribution is 2.02. The van der Waals surface area contributed by atoms with E-state index >= 15 is 0 Å². The van der Waals surface area contributed by atoms with E-state index in [1.165, 1.54) is 0 Å². The van der Waals surface area contributed by atoms with Crippen molar-refractivity contribution in [1.82, 2.24) is 10.6 Å². The van der Waals surface area contributed by atoms with Gasteiger partial charge in [0.1, 0.15) is 0 Å². The van der Waals surface area contributed by atoms with Gasteiger partial charge in [0.15, 0.2) is 0 Å². The zero-order valence-electron chi connectivity index (χ0n) is 10.1. The van der Waals surface area contributed by atoms with E-state index in [-0.39, 0.29) is 12.5 Å². The number of hydrogen-bond acceptors (Lipinski definition) is 4. The van der Waals surface area contributed by atoms with Gasteiger partial charge in [-0.1, -0.05) is 49.4 Å². The Kier molecular flexibility index (Phi) is 5.09. The molecule has 5 nitrogen and oxygen atoms in total. The van der Waals surface area contributed by atoms with Crippen LogP contribution < -0.4 is 11.2 Å². The summed E-state index contributed by atoms with van der Waals surface area (Å²) in [7, 11) is 0. The van der Waals surface area contributed by atoms with Crippen LogP contribution in [0.1, 0.15) is 19.4 Å². The molecule has 0 aliphatic heterocycles. The van der Waals surface area contributed by atoms with Crippen LogP contribution in [0.5, 0.6) is 0 Å². The summed E-state index contributed by atoms with van der Waals surface area (Å²) in [5.74, 6) is -0.362. The lowest BCUT2D eigenvalue weighted by Crippen LogP contribution is -2.49. The summed E-state index contributed by atoms with van der Waals surface area (Å²) in [5, 5.41) is 10.3. The number of benzene rings is 1. The standard InChI is InChI=1S/C12H19N3O2/c1-9(2)11(13)12(16)14-15(17)8-10-6-4-3-5-7-10/h3-7,9,11,17H,8,13H2,1-2H3,(H,14,16)/t11-/m0/s1. The molecule has 1 atom stereocenters. The molecule has 1 rings (SSSR count). The van der Waals surface area contributed by atoms with Gasteiger partial charge < -0.3 is 5.73 Å². The third-order valence-corrected chi connectivity index (χ3v) is 2.44. The SMILES string of the molecule is CC(C)[C@H](N)C(=O)NN(O)Cc1ccccc1. The number of hydrazine groups is 1. The highest BCUT2D eigenvalue weighted by atomic mass is 16.5. The van der Waals surface area contributed by atoms with Gasteiger partial charge in [0.2, 0.25) is 0 Å². The first-order valence-corrected chi connectivity index (χ1v) is 5.57. The van der Waals surface area contributed by atoms with Gasteiger partial charge in [0.05, 0.1) is 12.6 Å². The summed E-state index contributed by atoms with van der Waals surface area (Å²) in [6, 6.07) is 8.71. The van der Waals surface area contributed by atoms with Crippen LogP contribution in [0.4, 0.5) is 0 Å². The Hall–Kier alpha value is -1.43. The molecule has 0 unspecified atom stereocenters. The first kappa shape index (κ1) is 13.6. The van der Waals surface area contributed by atoms with Gasteiger partial charge in [-0.2, -0.15) is 0 Å². The van der Waals surface area contributed by atoms with Gasteiger partial charge in [-0.3, -0.25) is 15.4 Å². The van der Waals surface area contributed by atoms with Crippen molar-refractivity contribution in [2.24, 2.45) is 11.7 Å². The Morgan fingerprint density at radius 2 is 2.00 bits per heavy atom. The Labute approximate surface area is 101 Å². The van der Waals surface area contributed by atoms with Crippen LogP contribution in [0.3, 0.4) is 0 Å². The monoisotopic (exact) mass is 237 g/mol. The second-order valence-electron chi connectivity index (χ2n) is 4.29. The number of carbonyl (C=O) groups is 1. The van der Waals surface area contributed by atoms with Gasteiger partial charge in [-0.05, 0) is 11.5 Å². The number of rotatable bonds is 5. The van der Waals surface area contributed by atoms with Crippen molar-refractivity contribution in [1.29, 1.82) is 0 Å². The number of carbonyl (C=O) groups excluding carboxylic acids is 1. The van der Waals surface area contributed by atoms with Crippen LogP contribution in [0.15, 0.2) is 30.3 Å². The molecule has 17 heavy (non-hydrogen) atoms. The molecule has 0 bridgehead atoms. The molecule has 0 radical (unpaired) electrons. The fraction of sp³-hybridized carbons (Fsp3) is 0.417. The van der Waals surface area contributed by atoms with Crippen molar-refractivity contribution in [2.45, 2.75) is 26.4 Å². The minimum absolute atomic E-state index is 0.0279.